The third kappa shape index (κ3) is 6.70. The van der Waals surface area contributed by atoms with Gasteiger partial charge < -0.3 is 9.47 Å². The zero-order valence-corrected chi connectivity index (χ0v) is 18.3. The van der Waals surface area contributed by atoms with Crippen molar-refractivity contribution in [2.75, 3.05) is 20.8 Å². The van der Waals surface area contributed by atoms with Crippen LogP contribution >= 0.6 is 0 Å². The minimum Gasteiger partial charge on any atom is -0.497 e. The topological polar surface area (TPSA) is 99.0 Å². The van der Waals surface area contributed by atoms with Crippen LogP contribution in [-0.2, 0) is 23.1 Å². The summed E-state index contributed by atoms with van der Waals surface area (Å²) in [5.41, 5.74) is 1.65. The molecule has 0 aliphatic carbocycles. The van der Waals surface area contributed by atoms with Crippen LogP contribution in [0.2, 0.25) is 0 Å². The molecule has 0 saturated heterocycles. The van der Waals surface area contributed by atoms with Crippen molar-refractivity contribution in [1.29, 1.82) is 0 Å². The van der Waals surface area contributed by atoms with Gasteiger partial charge in [0.05, 0.1) is 19.5 Å². The summed E-state index contributed by atoms with van der Waals surface area (Å²) in [6.45, 7) is 1.75. The zero-order chi connectivity index (χ0) is 22.1. The Morgan fingerprint density at radius 2 is 1.37 bits per heavy atom. The fourth-order valence-electron chi connectivity index (χ4n) is 3.02. The smallest absolute Gasteiger partial charge is 0.217 e. The normalized spacial score (nSPS) is 12.5. The van der Waals surface area contributed by atoms with Gasteiger partial charge in [0.2, 0.25) is 16.6 Å². The number of benzene rings is 2. The molecule has 0 heterocycles. The molecule has 0 fully saturated rings. The maximum Gasteiger partial charge on any atom is 0.217 e. The first-order valence-electron chi connectivity index (χ1n) is 9.63. The molecule has 2 aromatic rings. The van der Waals surface area contributed by atoms with Crippen LogP contribution in [0, 0.1) is 10.1 Å². The molecule has 0 unspecified atom stereocenters. The molecule has 2 aromatic carbocycles. The third-order valence-corrected chi connectivity index (χ3v) is 7.09. The van der Waals surface area contributed by atoms with Gasteiger partial charge in [0.25, 0.3) is 0 Å². The van der Waals surface area contributed by atoms with Crippen molar-refractivity contribution in [3.05, 3.63) is 69.8 Å². The molecule has 8 nitrogen and oxygen atoms in total. The molecule has 0 aliphatic heterocycles. The Labute approximate surface area is 177 Å². The summed E-state index contributed by atoms with van der Waals surface area (Å²) in [5, 5.41) is 9.85. The highest BCUT2D eigenvalue weighted by molar-refractivity contribution is 7.89. The number of nitro groups is 1. The van der Waals surface area contributed by atoms with E-state index in [4.69, 9.17) is 9.47 Å². The first kappa shape index (κ1) is 23.6. The van der Waals surface area contributed by atoms with Crippen molar-refractivity contribution in [2.45, 2.75) is 38.1 Å². The van der Waals surface area contributed by atoms with Crippen molar-refractivity contribution in [3.8, 4) is 11.5 Å². The predicted octanol–water partition coefficient (Wildman–Crippen LogP) is 3.48. The van der Waals surface area contributed by atoms with Gasteiger partial charge in [-0.1, -0.05) is 24.3 Å². The number of hydrogen-bond donors (Lipinski definition) is 0. The molecule has 164 valence electrons. The Bertz CT molecular complexity index is 864. The summed E-state index contributed by atoms with van der Waals surface area (Å²) in [7, 11) is -0.536. The first-order chi connectivity index (χ1) is 14.3. The van der Waals surface area contributed by atoms with Gasteiger partial charge in [-0.2, -0.15) is 4.31 Å². The number of sulfonamides is 1. The van der Waals surface area contributed by atoms with Gasteiger partial charge in [0.1, 0.15) is 11.5 Å². The van der Waals surface area contributed by atoms with Crippen molar-refractivity contribution in [2.24, 2.45) is 0 Å². The van der Waals surface area contributed by atoms with Crippen molar-refractivity contribution < 1.29 is 22.8 Å². The Kier molecular flexibility index (Phi) is 8.61. The van der Waals surface area contributed by atoms with Gasteiger partial charge in [-0.25, -0.2) is 8.42 Å². The lowest BCUT2D eigenvalue weighted by molar-refractivity contribution is -0.480. The van der Waals surface area contributed by atoms with Gasteiger partial charge >= 0.3 is 0 Å². The number of rotatable bonds is 12. The summed E-state index contributed by atoms with van der Waals surface area (Å²) < 4.78 is 38.3. The Balaban J connectivity index is 2.24. The second-order valence-electron chi connectivity index (χ2n) is 7.02. The lowest BCUT2D eigenvalue weighted by Gasteiger charge is -2.26. The van der Waals surface area contributed by atoms with E-state index in [1.54, 1.807) is 45.4 Å². The summed E-state index contributed by atoms with van der Waals surface area (Å²) in [4.78, 5) is 10.2. The number of methoxy groups -OCH3 is 2. The predicted molar refractivity (Wildman–Crippen MR) is 115 cm³/mol. The van der Waals surface area contributed by atoms with Crippen LogP contribution < -0.4 is 9.47 Å². The second-order valence-corrected chi connectivity index (χ2v) is 9.37. The lowest BCUT2D eigenvalue weighted by atomic mass is 10.2. The van der Waals surface area contributed by atoms with Crippen LogP contribution in [0.25, 0.3) is 0 Å². The van der Waals surface area contributed by atoms with E-state index in [2.05, 4.69) is 0 Å². The molecule has 0 bridgehead atoms. The molecule has 0 amide bonds. The van der Waals surface area contributed by atoms with E-state index in [1.807, 2.05) is 24.3 Å². The minimum absolute atomic E-state index is 0.192. The molecular weight excluding hydrogens is 408 g/mol. The molecule has 0 radical (unpaired) electrons. The highest BCUT2D eigenvalue weighted by Crippen LogP contribution is 2.22. The molecule has 0 aromatic heterocycles. The van der Waals surface area contributed by atoms with E-state index < -0.39 is 20.2 Å². The van der Waals surface area contributed by atoms with Crippen molar-refractivity contribution in [1.82, 2.24) is 4.31 Å². The van der Waals surface area contributed by atoms with Gasteiger partial charge in [-0.15, -0.1) is 0 Å². The van der Waals surface area contributed by atoms with Crippen LogP contribution in [0.5, 0.6) is 11.5 Å². The highest BCUT2D eigenvalue weighted by atomic mass is 32.2. The quantitative estimate of drug-likeness (QED) is 0.373. The number of hydrogen-bond acceptors (Lipinski definition) is 6. The SMILES string of the molecule is COc1ccc(CN(Cc2ccc(OC)cc2)S(=O)(=O)[C@H](C)CCC[N+](=O)[O-])cc1. The van der Waals surface area contributed by atoms with Gasteiger partial charge in [0.15, 0.2) is 0 Å². The molecule has 30 heavy (non-hydrogen) atoms. The summed E-state index contributed by atoms with van der Waals surface area (Å²) in [6, 6.07) is 14.4. The lowest BCUT2D eigenvalue weighted by Crippen LogP contribution is -2.37. The molecule has 2 rings (SSSR count). The van der Waals surface area contributed by atoms with Gasteiger partial charge in [0, 0.05) is 24.4 Å². The Hall–Kier alpha value is -2.65. The van der Waals surface area contributed by atoms with E-state index in [1.165, 1.54) is 4.31 Å². The standard InChI is InChI=1S/C21H28N2O6S/c1-17(5-4-14-23(24)25)30(26,27)22(15-18-6-10-20(28-2)11-7-18)16-19-8-12-21(29-3)13-9-19/h6-13,17H,4-5,14-16H2,1-3H3/t17-/m1/s1. The maximum absolute atomic E-state index is 13.3. The van der Waals surface area contributed by atoms with Crippen LogP contribution in [-0.4, -0.2) is 43.7 Å². The monoisotopic (exact) mass is 436 g/mol. The molecule has 0 saturated carbocycles. The molecular formula is C21H28N2O6S. The van der Waals surface area contributed by atoms with Crippen molar-refractivity contribution in [3.63, 3.8) is 0 Å². The van der Waals surface area contributed by atoms with E-state index in [-0.39, 0.29) is 32.5 Å². The number of nitrogens with zero attached hydrogens (tertiary/aromatic N) is 2. The average Bonchev–Trinajstić information content (AvgIpc) is 2.74. The van der Waals surface area contributed by atoms with Crippen LogP contribution in [0.1, 0.15) is 30.9 Å². The summed E-state index contributed by atoms with van der Waals surface area (Å²) in [5.74, 6) is 1.38. The molecule has 1 atom stereocenters. The van der Waals surface area contributed by atoms with E-state index in [9.17, 15) is 18.5 Å². The Morgan fingerprint density at radius 3 is 1.73 bits per heavy atom. The second kappa shape index (κ2) is 10.9. The molecule has 0 N–H and O–H groups in total. The van der Waals surface area contributed by atoms with E-state index >= 15 is 0 Å². The maximum atomic E-state index is 13.3. The molecule has 9 heteroatoms. The fraction of sp³-hybridized carbons (Fsp3) is 0.429. The van der Waals surface area contributed by atoms with Gasteiger partial charge in [-0.05, 0) is 48.7 Å². The summed E-state index contributed by atoms with van der Waals surface area (Å²) >= 11 is 0. The van der Waals surface area contributed by atoms with Crippen LogP contribution in [0.3, 0.4) is 0 Å². The summed E-state index contributed by atoms with van der Waals surface area (Å²) in [6.07, 6.45) is 0.442. The van der Waals surface area contributed by atoms with E-state index in [0.29, 0.717) is 11.5 Å². The van der Waals surface area contributed by atoms with Crippen LogP contribution in [0.15, 0.2) is 48.5 Å². The first-order valence-corrected chi connectivity index (χ1v) is 11.1. The average molecular weight is 437 g/mol. The van der Waals surface area contributed by atoms with Crippen molar-refractivity contribution >= 4 is 10.0 Å². The third-order valence-electron chi connectivity index (χ3n) is 4.86. The van der Waals surface area contributed by atoms with Crippen LogP contribution in [0.4, 0.5) is 0 Å². The molecule has 0 aliphatic rings. The zero-order valence-electron chi connectivity index (χ0n) is 17.5. The number of ether oxygens (including phenoxy) is 2. The minimum atomic E-state index is -3.68. The van der Waals surface area contributed by atoms with E-state index in [0.717, 1.165) is 11.1 Å². The Morgan fingerprint density at radius 1 is 0.933 bits per heavy atom. The molecule has 0 spiro atoms. The largest absolute Gasteiger partial charge is 0.497 e. The highest BCUT2D eigenvalue weighted by Gasteiger charge is 2.29. The fourth-order valence-corrected chi connectivity index (χ4v) is 4.65. The van der Waals surface area contributed by atoms with Gasteiger partial charge in [-0.3, -0.25) is 10.1 Å².